The van der Waals surface area contributed by atoms with Crippen molar-refractivity contribution in [2.75, 3.05) is 24.3 Å². The number of hydrogen-bond acceptors (Lipinski definition) is 6. The van der Waals surface area contributed by atoms with Crippen molar-refractivity contribution < 1.29 is 4.74 Å². The summed E-state index contributed by atoms with van der Waals surface area (Å²) in [5, 5.41) is 14.8. The highest BCUT2D eigenvalue weighted by molar-refractivity contribution is 6.31. The number of anilines is 3. The minimum absolute atomic E-state index is 0.492. The van der Waals surface area contributed by atoms with Crippen LogP contribution in [0.4, 0.5) is 17.5 Å². The van der Waals surface area contributed by atoms with Crippen LogP contribution < -0.4 is 15.4 Å². The van der Waals surface area contributed by atoms with Gasteiger partial charge in [-0.25, -0.2) is 0 Å². The van der Waals surface area contributed by atoms with E-state index in [1.54, 1.807) is 31.5 Å². The van der Waals surface area contributed by atoms with Crippen LogP contribution >= 0.6 is 11.6 Å². The van der Waals surface area contributed by atoms with Crippen molar-refractivity contribution in [2.45, 2.75) is 20.3 Å². The van der Waals surface area contributed by atoms with Crippen LogP contribution in [-0.2, 0) is 0 Å². The number of nitrogens with one attached hydrogen (secondary N) is 2. The van der Waals surface area contributed by atoms with Crippen molar-refractivity contribution in [2.24, 2.45) is 5.92 Å². The molecule has 0 amide bonds. The Morgan fingerprint density at radius 3 is 2.86 bits per heavy atom. The minimum Gasteiger partial charge on any atom is -0.495 e. The molecule has 2 aromatic rings. The Morgan fingerprint density at radius 1 is 1.32 bits per heavy atom. The van der Waals surface area contributed by atoms with E-state index < -0.39 is 0 Å². The fourth-order valence-corrected chi connectivity index (χ4v) is 2.00. The number of methoxy groups -OCH3 is 1. The van der Waals surface area contributed by atoms with Crippen molar-refractivity contribution in [3.63, 3.8) is 0 Å². The molecule has 2 N–H and O–H groups in total. The van der Waals surface area contributed by atoms with Gasteiger partial charge in [0.05, 0.1) is 19.0 Å². The monoisotopic (exact) mass is 321 g/mol. The van der Waals surface area contributed by atoms with E-state index in [0.29, 0.717) is 28.5 Å². The van der Waals surface area contributed by atoms with Gasteiger partial charge in [-0.2, -0.15) is 10.1 Å². The summed E-state index contributed by atoms with van der Waals surface area (Å²) in [4.78, 5) is 4.38. The zero-order chi connectivity index (χ0) is 15.9. The highest BCUT2D eigenvalue weighted by Gasteiger charge is 2.07. The molecule has 0 atom stereocenters. The van der Waals surface area contributed by atoms with E-state index in [0.717, 1.165) is 18.7 Å². The molecule has 7 heteroatoms. The van der Waals surface area contributed by atoms with Crippen LogP contribution in [0.1, 0.15) is 20.3 Å². The van der Waals surface area contributed by atoms with Gasteiger partial charge in [-0.1, -0.05) is 25.4 Å². The summed E-state index contributed by atoms with van der Waals surface area (Å²) in [5.41, 5.74) is 0.726. The van der Waals surface area contributed by atoms with Gasteiger partial charge in [0, 0.05) is 11.6 Å². The molecule has 1 heterocycles. The quantitative estimate of drug-likeness (QED) is 0.809. The van der Waals surface area contributed by atoms with Crippen LogP contribution in [0.2, 0.25) is 5.02 Å². The SMILES string of the molecule is COc1ccc(Cl)cc1Nc1cnnc(NCCC(C)C)n1. The maximum Gasteiger partial charge on any atom is 0.244 e. The Kier molecular flexibility index (Phi) is 5.77. The minimum atomic E-state index is 0.492. The van der Waals surface area contributed by atoms with Gasteiger partial charge in [-0.05, 0) is 30.5 Å². The van der Waals surface area contributed by atoms with Gasteiger partial charge in [0.2, 0.25) is 5.95 Å². The van der Waals surface area contributed by atoms with Crippen LogP contribution in [-0.4, -0.2) is 28.8 Å². The van der Waals surface area contributed by atoms with Crippen LogP contribution in [0.15, 0.2) is 24.4 Å². The summed E-state index contributed by atoms with van der Waals surface area (Å²) in [6.07, 6.45) is 2.59. The summed E-state index contributed by atoms with van der Waals surface area (Å²) < 4.78 is 5.29. The Labute approximate surface area is 135 Å². The Hall–Kier alpha value is -2.08. The summed E-state index contributed by atoms with van der Waals surface area (Å²) in [6.45, 7) is 5.15. The first-order valence-electron chi connectivity index (χ1n) is 7.12. The van der Waals surface area contributed by atoms with E-state index in [4.69, 9.17) is 16.3 Å². The molecular weight excluding hydrogens is 302 g/mol. The third kappa shape index (κ3) is 4.73. The molecule has 0 saturated heterocycles. The van der Waals surface area contributed by atoms with Gasteiger partial charge in [-0.3, -0.25) is 0 Å². The van der Waals surface area contributed by atoms with Crippen LogP contribution in [0.3, 0.4) is 0 Å². The predicted octanol–water partition coefficient (Wildman–Crippen LogP) is 3.74. The molecule has 6 nitrogen and oxygen atoms in total. The van der Waals surface area contributed by atoms with Crippen molar-refractivity contribution in [3.8, 4) is 5.75 Å². The lowest BCUT2D eigenvalue weighted by molar-refractivity contribution is 0.417. The highest BCUT2D eigenvalue weighted by atomic mass is 35.5. The van der Waals surface area contributed by atoms with Crippen molar-refractivity contribution in [3.05, 3.63) is 29.4 Å². The van der Waals surface area contributed by atoms with E-state index in [1.165, 1.54) is 0 Å². The first-order chi connectivity index (χ1) is 10.6. The first-order valence-corrected chi connectivity index (χ1v) is 7.50. The average Bonchev–Trinajstić information content (AvgIpc) is 2.47. The van der Waals surface area contributed by atoms with Crippen LogP contribution in [0.25, 0.3) is 0 Å². The van der Waals surface area contributed by atoms with Gasteiger partial charge in [-0.15, -0.1) is 5.10 Å². The third-order valence-corrected chi connectivity index (χ3v) is 3.22. The van der Waals surface area contributed by atoms with Crippen LogP contribution in [0.5, 0.6) is 5.75 Å². The Morgan fingerprint density at radius 2 is 2.14 bits per heavy atom. The number of benzene rings is 1. The van der Waals surface area contributed by atoms with Gasteiger partial charge < -0.3 is 15.4 Å². The zero-order valence-corrected chi connectivity index (χ0v) is 13.7. The molecule has 118 valence electrons. The number of rotatable bonds is 7. The molecule has 22 heavy (non-hydrogen) atoms. The normalized spacial score (nSPS) is 10.6. The van der Waals surface area contributed by atoms with Gasteiger partial charge >= 0.3 is 0 Å². The second kappa shape index (κ2) is 7.79. The van der Waals surface area contributed by atoms with E-state index in [9.17, 15) is 0 Å². The molecule has 0 saturated carbocycles. The summed E-state index contributed by atoms with van der Waals surface area (Å²) in [6, 6.07) is 5.33. The molecular formula is C15H20ClN5O. The van der Waals surface area contributed by atoms with E-state index >= 15 is 0 Å². The van der Waals surface area contributed by atoms with Gasteiger partial charge in [0.15, 0.2) is 5.82 Å². The Balaban J connectivity index is 2.08. The summed E-state index contributed by atoms with van der Waals surface area (Å²) in [5.74, 6) is 2.36. The molecule has 0 bridgehead atoms. The molecule has 2 rings (SSSR count). The largest absolute Gasteiger partial charge is 0.495 e. The molecule has 1 aromatic carbocycles. The standard InChI is InChI=1S/C15H20ClN5O/c1-10(2)6-7-17-15-20-14(9-18-21-15)19-12-8-11(16)4-5-13(12)22-3/h4-5,8-10H,6-7H2,1-3H3,(H2,17,19,20,21). The fourth-order valence-electron chi connectivity index (χ4n) is 1.83. The van der Waals surface area contributed by atoms with Gasteiger partial charge in [0.1, 0.15) is 5.75 Å². The first kappa shape index (κ1) is 16.3. The van der Waals surface area contributed by atoms with E-state index in [2.05, 4.69) is 39.7 Å². The van der Waals surface area contributed by atoms with E-state index in [1.807, 2.05) is 0 Å². The molecule has 0 unspecified atom stereocenters. The number of nitrogens with zero attached hydrogens (tertiary/aromatic N) is 3. The van der Waals surface area contributed by atoms with E-state index in [-0.39, 0.29) is 0 Å². The summed E-state index contributed by atoms with van der Waals surface area (Å²) >= 11 is 6.01. The molecule has 0 radical (unpaired) electrons. The highest BCUT2D eigenvalue weighted by Crippen LogP contribution is 2.29. The maximum absolute atomic E-state index is 6.01. The fraction of sp³-hybridized carbons (Fsp3) is 0.400. The second-order valence-electron chi connectivity index (χ2n) is 5.24. The lowest BCUT2D eigenvalue weighted by Crippen LogP contribution is -2.09. The van der Waals surface area contributed by atoms with Gasteiger partial charge in [0.25, 0.3) is 0 Å². The Bertz CT molecular complexity index is 621. The molecule has 0 aliphatic heterocycles. The van der Waals surface area contributed by atoms with Crippen molar-refractivity contribution in [1.82, 2.24) is 15.2 Å². The maximum atomic E-state index is 6.01. The van der Waals surface area contributed by atoms with Crippen molar-refractivity contribution in [1.29, 1.82) is 0 Å². The molecule has 0 aliphatic carbocycles. The molecule has 0 spiro atoms. The molecule has 0 fully saturated rings. The lowest BCUT2D eigenvalue weighted by atomic mass is 10.1. The van der Waals surface area contributed by atoms with Crippen molar-refractivity contribution >= 4 is 29.1 Å². The topological polar surface area (TPSA) is 72.0 Å². The number of aromatic nitrogens is 3. The number of ether oxygens (including phenoxy) is 1. The third-order valence-electron chi connectivity index (χ3n) is 2.99. The lowest BCUT2D eigenvalue weighted by Gasteiger charge is -2.11. The smallest absolute Gasteiger partial charge is 0.244 e. The number of halogens is 1. The zero-order valence-electron chi connectivity index (χ0n) is 12.9. The van der Waals surface area contributed by atoms with Crippen LogP contribution in [0, 0.1) is 5.92 Å². The number of hydrogen-bond donors (Lipinski definition) is 2. The second-order valence-corrected chi connectivity index (χ2v) is 5.68. The predicted molar refractivity (Wildman–Crippen MR) is 89.1 cm³/mol. The molecule has 0 aliphatic rings. The summed E-state index contributed by atoms with van der Waals surface area (Å²) in [7, 11) is 1.60. The average molecular weight is 322 g/mol. The molecule has 1 aromatic heterocycles.